The molecule has 0 amide bonds. The molecule has 2 heterocycles. The number of pyridine rings is 1. The smallest absolute Gasteiger partial charge is 0.260 e. The Morgan fingerprint density at radius 3 is 2.63 bits per heavy atom. The standard InChI is InChI=1S/C13H20N2O3S/c1-10-5-6-15(8-11(10)2)19(17,18)13-4-3-12(9-16)7-14-13/h3-4,7,10-11,16H,5-6,8-9H2,1-2H3. The fraction of sp³-hybridized carbons (Fsp3) is 0.615. The van der Waals surface area contributed by atoms with Crippen LogP contribution in [0.3, 0.4) is 0 Å². The molecule has 0 aliphatic carbocycles. The van der Waals surface area contributed by atoms with Gasteiger partial charge in [0.15, 0.2) is 5.03 Å². The second-order valence-electron chi connectivity index (χ2n) is 5.27. The largest absolute Gasteiger partial charge is 0.392 e. The summed E-state index contributed by atoms with van der Waals surface area (Å²) in [6.45, 7) is 5.20. The van der Waals surface area contributed by atoms with Crippen molar-refractivity contribution in [3.63, 3.8) is 0 Å². The van der Waals surface area contributed by atoms with E-state index in [9.17, 15) is 8.42 Å². The van der Waals surface area contributed by atoms with Gasteiger partial charge in [-0.2, -0.15) is 4.31 Å². The van der Waals surface area contributed by atoms with Crippen molar-refractivity contribution in [1.29, 1.82) is 0 Å². The summed E-state index contributed by atoms with van der Waals surface area (Å²) in [6, 6.07) is 3.06. The second kappa shape index (κ2) is 5.56. The lowest BCUT2D eigenvalue weighted by Gasteiger charge is -2.34. The molecule has 0 spiro atoms. The van der Waals surface area contributed by atoms with E-state index < -0.39 is 10.0 Å². The predicted octanol–water partition coefficient (Wildman–Crippen LogP) is 1.24. The first-order valence-corrected chi connectivity index (χ1v) is 7.95. The molecule has 0 aromatic carbocycles. The monoisotopic (exact) mass is 284 g/mol. The minimum Gasteiger partial charge on any atom is -0.392 e. The molecule has 5 nitrogen and oxygen atoms in total. The molecule has 1 aliphatic rings. The van der Waals surface area contributed by atoms with Crippen LogP contribution in [0.2, 0.25) is 0 Å². The maximum atomic E-state index is 12.4. The molecule has 6 heteroatoms. The zero-order valence-corrected chi connectivity index (χ0v) is 12.1. The number of hydrogen-bond acceptors (Lipinski definition) is 4. The van der Waals surface area contributed by atoms with Gasteiger partial charge in [0, 0.05) is 19.3 Å². The fourth-order valence-electron chi connectivity index (χ4n) is 2.23. The SMILES string of the molecule is CC1CCN(S(=O)(=O)c2ccc(CO)cn2)CC1C. The number of aromatic nitrogens is 1. The van der Waals surface area contributed by atoms with Gasteiger partial charge in [-0.05, 0) is 29.9 Å². The Morgan fingerprint density at radius 2 is 2.11 bits per heavy atom. The molecule has 2 unspecified atom stereocenters. The summed E-state index contributed by atoms with van der Waals surface area (Å²) in [5.41, 5.74) is 0.611. The maximum absolute atomic E-state index is 12.4. The molecule has 0 radical (unpaired) electrons. The quantitative estimate of drug-likeness (QED) is 0.906. The summed E-state index contributed by atoms with van der Waals surface area (Å²) in [6.07, 6.45) is 2.29. The highest BCUT2D eigenvalue weighted by Gasteiger charge is 2.32. The fourth-order valence-corrected chi connectivity index (χ4v) is 3.70. The molecule has 0 saturated carbocycles. The molecular weight excluding hydrogens is 264 g/mol. The van der Waals surface area contributed by atoms with Crippen LogP contribution in [-0.4, -0.2) is 35.9 Å². The third-order valence-corrected chi connectivity index (χ3v) is 5.66. The molecule has 1 aliphatic heterocycles. The molecule has 19 heavy (non-hydrogen) atoms. The second-order valence-corrected chi connectivity index (χ2v) is 7.15. The van der Waals surface area contributed by atoms with Gasteiger partial charge in [0.1, 0.15) is 0 Å². The zero-order valence-electron chi connectivity index (χ0n) is 11.3. The van der Waals surface area contributed by atoms with E-state index in [1.165, 1.54) is 16.6 Å². The minimum atomic E-state index is -3.50. The van der Waals surface area contributed by atoms with E-state index in [0.29, 0.717) is 30.5 Å². The van der Waals surface area contributed by atoms with Crippen LogP contribution in [0.1, 0.15) is 25.8 Å². The number of aliphatic hydroxyl groups is 1. The van der Waals surface area contributed by atoms with Crippen LogP contribution in [0, 0.1) is 11.8 Å². The van der Waals surface area contributed by atoms with E-state index in [1.807, 2.05) is 0 Å². The van der Waals surface area contributed by atoms with Gasteiger partial charge in [0.25, 0.3) is 10.0 Å². The first-order chi connectivity index (χ1) is 8.95. The highest BCUT2D eigenvalue weighted by Crippen LogP contribution is 2.26. The van der Waals surface area contributed by atoms with Gasteiger partial charge in [-0.25, -0.2) is 13.4 Å². The Kier molecular flexibility index (Phi) is 4.23. The Balaban J connectivity index is 2.21. The average Bonchev–Trinajstić information content (AvgIpc) is 2.41. The van der Waals surface area contributed by atoms with Crippen LogP contribution in [0.5, 0.6) is 0 Å². The lowest BCUT2D eigenvalue weighted by molar-refractivity contribution is 0.212. The molecule has 1 aromatic heterocycles. The molecule has 1 N–H and O–H groups in total. The molecular formula is C13H20N2O3S. The summed E-state index contributed by atoms with van der Waals surface area (Å²) in [7, 11) is -3.50. The number of sulfonamides is 1. The lowest BCUT2D eigenvalue weighted by Crippen LogP contribution is -2.42. The number of aliphatic hydroxyl groups excluding tert-OH is 1. The van der Waals surface area contributed by atoms with Crippen molar-refractivity contribution in [2.24, 2.45) is 11.8 Å². The van der Waals surface area contributed by atoms with Crippen LogP contribution in [-0.2, 0) is 16.6 Å². The summed E-state index contributed by atoms with van der Waals surface area (Å²) < 4.78 is 26.4. The molecule has 1 fully saturated rings. The number of rotatable bonds is 3. The Morgan fingerprint density at radius 1 is 1.37 bits per heavy atom. The van der Waals surface area contributed by atoms with Gasteiger partial charge in [-0.1, -0.05) is 19.9 Å². The van der Waals surface area contributed by atoms with Crippen LogP contribution in [0.4, 0.5) is 0 Å². The van der Waals surface area contributed by atoms with Crippen molar-refractivity contribution in [3.8, 4) is 0 Å². The number of hydrogen-bond donors (Lipinski definition) is 1. The minimum absolute atomic E-state index is 0.0615. The highest BCUT2D eigenvalue weighted by molar-refractivity contribution is 7.89. The molecule has 2 atom stereocenters. The number of nitrogens with zero attached hydrogens (tertiary/aromatic N) is 2. The van der Waals surface area contributed by atoms with Crippen LogP contribution in [0.25, 0.3) is 0 Å². The van der Waals surface area contributed by atoms with Crippen molar-refractivity contribution in [2.75, 3.05) is 13.1 Å². The third kappa shape index (κ3) is 2.96. The van der Waals surface area contributed by atoms with Gasteiger partial charge >= 0.3 is 0 Å². The topological polar surface area (TPSA) is 70.5 Å². The van der Waals surface area contributed by atoms with E-state index in [-0.39, 0.29) is 11.6 Å². The molecule has 1 aromatic rings. The van der Waals surface area contributed by atoms with Crippen LogP contribution in [0.15, 0.2) is 23.4 Å². The van der Waals surface area contributed by atoms with Crippen molar-refractivity contribution < 1.29 is 13.5 Å². The van der Waals surface area contributed by atoms with Gasteiger partial charge in [0.05, 0.1) is 6.61 Å². The zero-order chi connectivity index (χ0) is 14.0. The van der Waals surface area contributed by atoms with E-state index in [0.717, 1.165) is 6.42 Å². The Bertz CT molecular complexity index is 527. The first kappa shape index (κ1) is 14.4. The van der Waals surface area contributed by atoms with Crippen molar-refractivity contribution in [1.82, 2.24) is 9.29 Å². The van der Waals surface area contributed by atoms with Crippen molar-refractivity contribution in [2.45, 2.75) is 31.9 Å². The maximum Gasteiger partial charge on any atom is 0.260 e. The normalized spacial score (nSPS) is 25.4. The van der Waals surface area contributed by atoms with Gasteiger partial charge in [-0.15, -0.1) is 0 Å². The molecule has 0 bridgehead atoms. The van der Waals surface area contributed by atoms with Gasteiger partial charge < -0.3 is 5.11 Å². The Hall–Kier alpha value is -0.980. The summed E-state index contributed by atoms with van der Waals surface area (Å²) in [4.78, 5) is 3.95. The highest BCUT2D eigenvalue weighted by atomic mass is 32.2. The van der Waals surface area contributed by atoms with E-state index in [4.69, 9.17) is 5.11 Å². The summed E-state index contributed by atoms with van der Waals surface area (Å²) in [5, 5.41) is 9.01. The first-order valence-electron chi connectivity index (χ1n) is 6.51. The average molecular weight is 284 g/mol. The van der Waals surface area contributed by atoms with E-state index in [1.54, 1.807) is 6.07 Å². The predicted molar refractivity (Wildman–Crippen MR) is 71.9 cm³/mol. The van der Waals surface area contributed by atoms with Crippen molar-refractivity contribution in [3.05, 3.63) is 23.9 Å². The van der Waals surface area contributed by atoms with Crippen LogP contribution < -0.4 is 0 Å². The number of piperidine rings is 1. The van der Waals surface area contributed by atoms with Crippen molar-refractivity contribution >= 4 is 10.0 Å². The Labute approximate surface area is 114 Å². The lowest BCUT2D eigenvalue weighted by atomic mass is 9.90. The van der Waals surface area contributed by atoms with Gasteiger partial charge in [0.2, 0.25) is 0 Å². The molecule has 1 saturated heterocycles. The third-order valence-electron chi connectivity index (χ3n) is 3.88. The van der Waals surface area contributed by atoms with E-state index in [2.05, 4.69) is 18.8 Å². The van der Waals surface area contributed by atoms with Gasteiger partial charge in [-0.3, -0.25) is 0 Å². The van der Waals surface area contributed by atoms with E-state index >= 15 is 0 Å². The summed E-state index contributed by atoms with van der Waals surface area (Å²) in [5.74, 6) is 0.913. The molecule has 106 valence electrons. The van der Waals surface area contributed by atoms with Crippen LogP contribution >= 0.6 is 0 Å². The summed E-state index contributed by atoms with van der Waals surface area (Å²) >= 11 is 0. The molecule has 2 rings (SSSR count).